The molecule has 3 heterocycles. The molecule has 3 rings (SSSR count). The van der Waals surface area contributed by atoms with E-state index < -0.39 is 6.10 Å². The molecule has 9 nitrogen and oxygen atoms in total. The second kappa shape index (κ2) is 5.00. The van der Waals surface area contributed by atoms with Crippen LogP contribution < -0.4 is 10.6 Å². The van der Waals surface area contributed by atoms with E-state index in [9.17, 15) is 5.11 Å². The SMILES string of the molecule is CC1CCN(c2nc(N)nc(-n3cncn3)n2)CC1O. The Morgan fingerprint density at radius 1 is 1.30 bits per heavy atom. The molecular formula is C11H16N8O. The van der Waals surface area contributed by atoms with E-state index in [0.717, 1.165) is 13.0 Å². The van der Waals surface area contributed by atoms with Gasteiger partial charge in [0.15, 0.2) is 0 Å². The number of nitrogens with zero attached hydrogens (tertiary/aromatic N) is 7. The number of aliphatic hydroxyl groups is 1. The third-order valence-electron chi connectivity index (χ3n) is 3.45. The number of anilines is 2. The zero-order valence-corrected chi connectivity index (χ0v) is 11.1. The molecule has 0 aliphatic carbocycles. The van der Waals surface area contributed by atoms with Crippen molar-refractivity contribution in [3.8, 4) is 5.95 Å². The Morgan fingerprint density at radius 3 is 2.80 bits per heavy atom. The monoisotopic (exact) mass is 276 g/mol. The highest BCUT2D eigenvalue weighted by Gasteiger charge is 2.26. The van der Waals surface area contributed by atoms with Crippen LogP contribution in [0.4, 0.5) is 11.9 Å². The van der Waals surface area contributed by atoms with E-state index in [4.69, 9.17) is 5.73 Å². The normalized spacial score (nSPS) is 23.0. The summed E-state index contributed by atoms with van der Waals surface area (Å²) in [5.41, 5.74) is 5.72. The number of rotatable bonds is 2. The van der Waals surface area contributed by atoms with Crippen LogP contribution >= 0.6 is 0 Å². The van der Waals surface area contributed by atoms with E-state index in [2.05, 4.69) is 25.0 Å². The Balaban J connectivity index is 1.90. The minimum absolute atomic E-state index is 0.119. The Hall–Kier alpha value is -2.29. The largest absolute Gasteiger partial charge is 0.391 e. The van der Waals surface area contributed by atoms with Gasteiger partial charge in [-0.2, -0.15) is 24.7 Å². The predicted octanol–water partition coefficient (Wildman–Crippen LogP) is -0.758. The van der Waals surface area contributed by atoms with Crippen molar-refractivity contribution < 1.29 is 5.11 Å². The Morgan fingerprint density at radius 2 is 2.10 bits per heavy atom. The van der Waals surface area contributed by atoms with Crippen LogP contribution in [0.3, 0.4) is 0 Å². The van der Waals surface area contributed by atoms with E-state index in [1.54, 1.807) is 0 Å². The lowest BCUT2D eigenvalue weighted by Gasteiger charge is -2.34. The van der Waals surface area contributed by atoms with Gasteiger partial charge in [-0.05, 0) is 12.3 Å². The van der Waals surface area contributed by atoms with Crippen molar-refractivity contribution in [1.82, 2.24) is 29.7 Å². The van der Waals surface area contributed by atoms with Crippen molar-refractivity contribution in [2.24, 2.45) is 5.92 Å². The van der Waals surface area contributed by atoms with Crippen molar-refractivity contribution in [3.05, 3.63) is 12.7 Å². The number of β-amino-alcohol motifs (C(OH)–C–C–N with tert-alkyl or cyclic N) is 1. The van der Waals surface area contributed by atoms with Crippen LogP contribution in [0.15, 0.2) is 12.7 Å². The highest BCUT2D eigenvalue weighted by atomic mass is 16.3. The van der Waals surface area contributed by atoms with Gasteiger partial charge in [0.25, 0.3) is 5.95 Å². The molecule has 0 saturated carbocycles. The summed E-state index contributed by atoms with van der Waals surface area (Å²) in [4.78, 5) is 18.3. The van der Waals surface area contributed by atoms with Crippen LogP contribution in [0.25, 0.3) is 5.95 Å². The summed E-state index contributed by atoms with van der Waals surface area (Å²) in [6, 6.07) is 0. The first-order valence-electron chi connectivity index (χ1n) is 6.43. The quantitative estimate of drug-likeness (QED) is 0.734. The molecule has 1 fully saturated rings. The second-order valence-corrected chi connectivity index (χ2v) is 4.91. The van der Waals surface area contributed by atoms with Gasteiger partial charge in [0.1, 0.15) is 12.7 Å². The highest BCUT2D eigenvalue weighted by molar-refractivity contribution is 5.38. The van der Waals surface area contributed by atoms with Crippen molar-refractivity contribution in [1.29, 1.82) is 0 Å². The molecule has 0 radical (unpaired) electrons. The number of hydrogen-bond acceptors (Lipinski definition) is 8. The summed E-state index contributed by atoms with van der Waals surface area (Å²) in [6.07, 6.45) is 3.37. The summed E-state index contributed by atoms with van der Waals surface area (Å²) in [6.45, 7) is 3.30. The molecule has 0 amide bonds. The van der Waals surface area contributed by atoms with Gasteiger partial charge in [0.2, 0.25) is 11.9 Å². The van der Waals surface area contributed by atoms with Gasteiger partial charge in [-0.15, -0.1) is 0 Å². The van der Waals surface area contributed by atoms with Crippen LogP contribution in [0.2, 0.25) is 0 Å². The van der Waals surface area contributed by atoms with E-state index >= 15 is 0 Å². The van der Waals surface area contributed by atoms with E-state index in [-0.39, 0.29) is 11.9 Å². The second-order valence-electron chi connectivity index (χ2n) is 4.91. The lowest BCUT2D eigenvalue weighted by atomic mass is 9.96. The zero-order valence-electron chi connectivity index (χ0n) is 11.1. The predicted molar refractivity (Wildman–Crippen MR) is 71.2 cm³/mol. The van der Waals surface area contributed by atoms with E-state index in [1.807, 2.05) is 11.8 Å². The fraction of sp³-hybridized carbons (Fsp3) is 0.545. The number of nitrogens with two attached hydrogens (primary N) is 1. The van der Waals surface area contributed by atoms with Gasteiger partial charge >= 0.3 is 0 Å². The lowest BCUT2D eigenvalue weighted by molar-refractivity contribution is 0.102. The van der Waals surface area contributed by atoms with Crippen LogP contribution in [-0.2, 0) is 0 Å². The Bertz CT molecular complexity index is 586. The van der Waals surface area contributed by atoms with Crippen molar-refractivity contribution in [2.75, 3.05) is 23.7 Å². The van der Waals surface area contributed by atoms with Gasteiger partial charge in [-0.3, -0.25) is 0 Å². The average molecular weight is 276 g/mol. The lowest BCUT2D eigenvalue weighted by Crippen LogP contribution is -2.43. The molecule has 2 atom stereocenters. The fourth-order valence-corrected chi connectivity index (χ4v) is 2.16. The molecule has 3 N–H and O–H groups in total. The standard InChI is InChI=1S/C11H16N8O/c1-7-2-3-18(4-8(7)20)10-15-9(12)16-11(17-10)19-6-13-5-14-19/h5-8,20H,2-4H2,1H3,(H2,12,15,16,17). The minimum Gasteiger partial charge on any atom is -0.391 e. The van der Waals surface area contributed by atoms with Gasteiger partial charge in [0.05, 0.1) is 6.10 Å². The first-order valence-corrected chi connectivity index (χ1v) is 6.43. The first kappa shape index (κ1) is 12.7. The third kappa shape index (κ3) is 2.39. The van der Waals surface area contributed by atoms with Crippen LogP contribution in [0.5, 0.6) is 0 Å². The molecule has 0 aromatic carbocycles. The van der Waals surface area contributed by atoms with Gasteiger partial charge in [-0.1, -0.05) is 6.92 Å². The Labute approximate surface area is 115 Å². The molecule has 0 spiro atoms. The number of aliphatic hydroxyl groups excluding tert-OH is 1. The van der Waals surface area contributed by atoms with Gasteiger partial charge in [0, 0.05) is 13.1 Å². The average Bonchev–Trinajstić information content (AvgIpc) is 2.95. The van der Waals surface area contributed by atoms with Crippen molar-refractivity contribution in [2.45, 2.75) is 19.4 Å². The minimum atomic E-state index is -0.392. The summed E-state index contributed by atoms with van der Waals surface area (Å²) < 4.78 is 1.42. The topological polar surface area (TPSA) is 119 Å². The first-order chi connectivity index (χ1) is 9.63. The summed E-state index contributed by atoms with van der Waals surface area (Å²) in [5.74, 6) is 1.17. The molecule has 0 bridgehead atoms. The maximum absolute atomic E-state index is 9.96. The van der Waals surface area contributed by atoms with E-state index in [1.165, 1.54) is 17.3 Å². The number of nitrogen functional groups attached to an aromatic ring is 1. The number of hydrogen-bond donors (Lipinski definition) is 2. The van der Waals surface area contributed by atoms with Gasteiger partial charge < -0.3 is 15.7 Å². The highest BCUT2D eigenvalue weighted by Crippen LogP contribution is 2.21. The molecule has 1 saturated heterocycles. The summed E-state index contributed by atoms with van der Waals surface area (Å²) in [7, 11) is 0. The van der Waals surface area contributed by atoms with Crippen molar-refractivity contribution >= 4 is 11.9 Å². The summed E-state index contributed by atoms with van der Waals surface area (Å²) in [5, 5.41) is 13.9. The van der Waals surface area contributed by atoms with Crippen molar-refractivity contribution in [3.63, 3.8) is 0 Å². The van der Waals surface area contributed by atoms with Crippen LogP contribution in [-0.4, -0.2) is 54.0 Å². The summed E-state index contributed by atoms with van der Waals surface area (Å²) >= 11 is 0. The molecule has 1 aliphatic heterocycles. The fourth-order valence-electron chi connectivity index (χ4n) is 2.16. The zero-order chi connectivity index (χ0) is 14.1. The molecule has 106 valence electrons. The molecule has 2 aromatic heterocycles. The number of piperidine rings is 1. The van der Waals surface area contributed by atoms with Crippen LogP contribution in [0, 0.1) is 5.92 Å². The molecule has 9 heteroatoms. The third-order valence-corrected chi connectivity index (χ3v) is 3.45. The maximum Gasteiger partial charge on any atom is 0.258 e. The number of aromatic nitrogens is 6. The van der Waals surface area contributed by atoms with E-state index in [0.29, 0.717) is 18.4 Å². The molecular weight excluding hydrogens is 260 g/mol. The molecule has 1 aliphatic rings. The Kier molecular flexibility index (Phi) is 3.18. The molecule has 2 unspecified atom stereocenters. The van der Waals surface area contributed by atoms with Gasteiger partial charge in [-0.25, -0.2) is 4.98 Å². The maximum atomic E-state index is 9.96. The smallest absolute Gasteiger partial charge is 0.258 e. The molecule has 2 aromatic rings. The van der Waals surface area contributed by atoms with Crippen LogP contribution in [0.1, 0.15) is 13.3 Å². The molecule has 20 heavy (non-hydrogen) atoms.